The molecule has 1 N–H and O–H groups in total. The second-order valence-corrected chi connectivity index (χ2v) is 5.66. The maximum Gasteiger partial charge on any atom is 0.125 e. The van der Waals surface area contributed by atoms with Crippen LogP contribution in [-0.2, 0) is 6.42 Å². The van der Waals surface area contributed by atoms with Crippen molar-refractivity contribution in [2.75, 3.05) is 6.54 Å². The van der Waals surface area contributed by atoms with Crippen LogP contribution >= 0.6 is 15.9 Å². The number of nitrogens with zero attached hydrogens (tertiary/aromatic N) is 3. The lowest BCUT2D eigenvalue weighted by Gasteiger charge is -2.15. The first-order valence-electron chi connectivity index (χ1n) is 7.25. The van der Waals surface area contributed by atoms with Gasteiger partial charge in [-0.15, -0.1) is 5.10 Å². The van der Waals surface area contributed by atoms with E-state index >= 15 is 0 Å². The molecule has 1 aromatic heterocycles. The van der Waals surface area contributed by atoms with Gasteiger partial charge in [0, 0.05) is 10.5 Å². The van der Waals surface area contributed by atoms with Gasteiger partial charge in [-0.05, 0) is 47.4 Å². The Balaban J connectivity index is 2.51. The Morgan fingerprint density at radius 1 is 1.33 bits per heavy atom. The molecular formula is C15H20BrFN4. The molecule has 1 heterocycles. The summed E-state index contributed by atoms with van der Waals surface area (Å²) in [6, 6.07) is 4.75. The van der Waals surface area contributed by atoms with E-state index in [-0.39, 0.29) is 11.9 Å². The Bertz CT molecular complexity index is 612. The Morgan fingerprint density at radius 3 is 2.71 bits per heavy atom. The van der Waals surface area contributed by atoms with E-state index in [9.17, 15) is 4.39 Å². The monoisotopic (exact) mass is 354 g/mol. The summed E-state index contributed by atoms with van der Waals surface area (Å²) in [5.74, 6) is -0.286. The van der Waals surface area contributed by atoms with Gasteiger partial charge in [-0.25, -0.2) is 9.07 Å². The van der Waals surface area contributed by atoms with E-state index in [1.165, 1.54) is 12.1 Å². The lowest BCUT2D eigenvalue weighted by molar-refractivity contribution is 0.520. The lowest BCUT2D eigenvalue weighted by atomic mass is 10.1. The highest BCUT2D eigenvalue weighted by atomic mass is 79.9. The van der Waals surface area contributed by atoms with Crippen molar-refractivity contribution in [1.29, 1.82) is 0 Å². The van der Waals surface area contributed by atoms with Gasteiger partial charge in [0.15, 0.2) is 0 Å². The molecule has 0 radical (unpaired) electrons. The Morgan fingerprint density at radius 2 is 2.10 bits per heavy atom. The van der Waals surface area contributed by atoms with E-state index in [1.807, 2.05) is 0 Å². The van der Waals surface area contributed by atoms with Gasteiger partial charge in [-0.2, -0.15) is 0 Å². The molecule has 0 saturated heterocycles. The molecule has 0 fully saturated rings. The van der Waals surface area contributed by atoms with Gasteiger partial charge in [-0.3, -0.25) is 0 Å². The van der Waals surface area contributed by atoms with E-state index < -0.39 is 0 Å². The molecule has 0 aliphatic carbocycles. The number of aromatic nitrogens is 3. The minimum absolute atomic E-state index is 0.172. The van der Waals surface area contributed by atoms with Gasteiger partial charge in [-0.1, -0.05) is 26.0 Å². The average molecular weight is 355 g/mol. The average Bonchev–Trinajstić information content (AvgIpc) is 2.90. The summed E-state index contributed by atoms with van der Waals surface area (Å²) < 4.78 is 16.0. The first-order valence-corrected chi connectivity index (χ1v) is 8.04. The molecule has 6 heteroatoms. The Hall–Kier alpha value is -1.27. The number of hydrogen-bond acceptors (Lipinski definition) is 3. The molecule has 1 unspecified atom stereocenters. The van der Waals surface area contributed by atoms with Crippen LogP contribution in [0.15, 0.2) is 22.7 Å². The zero-order chi connectivity index (χ0) is 15.4. The van der Waals surface area contributed by atoms with Gasteiger partial charge in [0.2, 0.25) is 0 Å². The predicted octanol–water partition coefficient (Wildman–Crippen LogP) is 3.79. The van der Waals surface area contributed by atoms with E-state index in [1.54, 1.807) is 10.7 Å². The van der Waals surface area contributed by atoms with E-state index in [0.29, 0.717) is 5.69 Å². The lowest BCUT2D eigenvalue weighted by Crippen LogP contribution is -2.21. The van der Waals surface area contributed by atoms with Gasteiger partial charge < -0.3 is 5.32 Å². The normalized spacial score (nSPS) is 12.6. The standard InChI is InChI=1S/C15H20BrFN4/c1-4-12(18-6-3)15-13(5-2)21(20-19-15)14-9-10(17)7-8-11(14)16/h7-9,12,18H,4-6H2,1-3H3. The smallest absolute Gasteiger partial charge is 0.125 e. The van der Waals surface area contributed by atoms with Crippen LogP contribution in [0.2, 0.25) is 0 Å². The topological polar surface area (TPSA) is 42.7 Å². The summed E-state index contributed by atoms with van der Waals surface area (Å²) >= 11 is 3.45. The summed E-state index contributed by atoms with van der Waals surface area (Å²) in [6.45, 7) is 7.12. The van der Waals surface area contributed by atoms with E-state index in [0.717, 1.165) is 35.2 Å². The van der Waals surface area contributed by atoms with Crippen molar-refractivity contribution in [3.8, 4) is 5.69 Å². The van der Waals surface area contributed by atoms with Crippen molar-refractivity contribution in [3.05, 3.63) is 39.9 Å². The van der Waals surface area contributed by atoms with E-state index in [4.69, 9.17) is 0 Å². The largest absolute Gasteiger partial charge is 0.309 e. The molecule has 0 bridgehead atoms. The fourth-order valence-electron chi connectivity index (χ4n) is 2.44. The minimum Gasteiger partial charge on any atom is -0.309 e. The van der Waals surface area contributed by atoms with Crippen molar-refractivity contribution in [3.63, 3.8) is 0 Å². The van der Waals surface area contributed by atoms with Crippen LogP contribution in [0, 0.1) is 5.82 Å². The number of nitrogens with one attached hydrogen (secondary N) is 1. The second kappa shape index (κ2) is 7.13. The molecule has 0 saturated carbocycles. The summed E-state index contributed by atoms with van der Waals surface area (Å²) in [6.07, 6.45) is 1.72. The van der Waals surface area contributed by atoms with Crippen molar-refractivity contribution in [1.82, 2.24) is 20.3 Å². The predicted molar refractivity (Wildman–Crippen MR) is 85.1 cm³/mol. The molecule has 21 heavy (non-hydrogen) atoms. The van der Waals surface area contributed by atoms with Crippen molar-refractivity contribution in [2.45, 2.75) is 39.7 Å². The van der Waals surface area contributed by atoms with Crippen molar-refractivity contribution < 1.29 is 4.39 Å². The molecule has 0 aliphatic rings. The third kappa shape index (κ3) is 3.32. The van der Waals surface area contributed by atoms with Gasteiger partial charge in [0.25, 0.3) is 0 Å². The number of hydrogen-bond donors (Lipinski definition) is 1. The summed E-state index contributed by atoms with van der Waals surface area (Å²) in [7, 11) is 0. The van der Waals surface area contributed by atoms with Crippen LogP contribution in [-0.4, -0.2) is 21.5 Å². The first-order chi connectivity index (χ1) is 10.1. The highest BCUT2D eigenvalue weighted by molar-refractivity contribution is 9.10. The Labute approximate surface area is 132 Å². The van der Waals surface area contributed by atoms with Crippen molar-refractivity contribution >= 4 is 15.9 Å². The van der Waals surface area contributed by atoms with Crippen molar-refractivity contribution in [2.24, 2.45) is 0 Å². The Kier molecular flexibility index (Phi) is 5.47. The van der Waals surface area contributed by atoms with Gasteiger partial charge in [0.1, 0.15) is 11.5 Å². The molecule has 0 spiro atoms. The summed E-state index contributed by atoms with van der Waals surface area (Å²) in [5, 5.41) is 12.0. The fourth-order valence-corrected chi connectivity index (χ4v) is 2.85. The molecule has 0 aliphatic heterocycles. The zero-order valence-corrected chi connectivity index (χ0v) is 14.1. The van der Waals surface area contributed by atoms with Gasteiger partial charge in [0.05, 0.1) is 17.4 Å². The fraction of sp³-hybridized carbons (Fsp3) is 0.467. The van der Waals surface area contributed by atoms with Crippen LogP contribution in [0.25, 0.3) is 5.69 Å². The molecule has 4 nitrogen and oxygen atoms in total. The van der Waals surface area contributed by atoms with Crippen LogP contribution in [0.1, 0.15) is 44.6 Å². The molecule has 114 valence electrons. The molecule has 0 amide bonds. The van der Waals surface area contributed by atoms with Crippen LogP contribution in [0.3, 0.4) is 0 Å². The highest BCUT2D eigenvalue weighted by Gasteiger charge is 2.20. The third-order valence-electron chi connectivity index (χ3n) is 3.45. The number of rotatable bonds is 6. The first kappa shape index (κ1) is 16.1. The number of halogens is 2. The van der Waals surface area contributed by atoms with Crippen LogP contribution < -0.4 is 5.32 Å². The minimum atomic E-state index is -0.286. The number of benzene rings is 1. The molecule has 1 atom stereocenters. The molecule has 1 aromatic carbocycles. The molecular weight excluding hydrogens is 335 g/mol. The van der Waals surface area contributed by atoms with Gasteiger partial charge >= 0.3 is 0 Å². The maximum absolute atomic E-state index is 13.5. The highest BCUT2D eigenvalue weighted by Crippen LogP contribution is 2.26. The molecule has 2 rings (SSSR count). The summed E-state index contributed by atoms with van der Waals surface area (Å²) in [4.78, 5) is 0. The second-order valence-electron chi connectivity index (χ2n) is 4.80. The SMILES string of the molecule is CCNC(CC)c1nnn(-c2cc(F)ccc2Br)c1CC. The summed E-state index contributed by atoms with van der Waals surface area (Å²) in [5.41, 5.74) is 2.63. The van der Waals surface area contributed by atoms with Crippen LogP contribution in [0.4, 0.5) is 4.39 Å². The quantitative estimate of drug-likeness (QED) is 0.857. The molecule has 2 aromatic rings. The third-order valence-corrected chi connectivity index (χ3v) is 4.12. The van der Waals surface area contributed by atoms with Crippen LogP contribution in [0.5, 0.6) is 0 Å². The maximum atomic E-state index is 13.5. The zero-order valence-electron chi connectivity index (χ0n) is 12.5. The van der Waals surface area contributed by atoms with E-state index in [2.05, 4.69) is 52.3 Å².